The van der Waals surface area contributed by atoms with E-state index in [1.165, 1.54) is 0 Å². The number of ether oxygens (including phenoxy) is 2. The third-order valence-corrected chi connectivity index (χ3v) is 5.13. The molecule has 1 N–H and O–H groups in total. The molecule has 0 aromatic heterocycles. The Morgan fingerprint density at radius 3 is 1.97 bits per heavy atom. The molecule has 0 aliphatic carbocycles. The van der Waals surface area contributed by atoms with E-state index in [0.717, 1.165) is 11.1 Å². The highest BCUT2D eigenvalue weighted by Gasteiger charge is 2.30. The van der Waals surface area contributed by atoms with Crippen LogP contribution in [-0.2, 0) is 22.6 Å². The Kier molecular flexibility index (Phi) is 8.26. The zero-order valence-electron chi connectivity index (χ0n) is 18.4. The highest BCUT2D eigenvalue weighted by molar-refractivity contribution is 5.88. The molecule has 6 heteroatoms. The number of nitrogens with one attached hydrogen (secondary N) is 1. The average Bonchev–Trinajstić information content (AvgIpc) is 2.85. The van der Waals surface area contributed by atoms with E-state index in [-0.39, 0.29) is 18.4 Å². The normalized spacial score (nSPS) is 11.3. The molecule has 3 aromatic carbocycles. The Labute approximate surface area is 188 Å². The van der Waals surface area contributed by atoms with Crippen LogP contribution in [0.5, 0.6) is 11.5 Å². The molecular weight excluding hydrogens is 404 g/mol. The second-order valence-electron chi connectivity index (χ2n) is 7.29. The van der Waals surface area contributed by atoms with Crippen LogP contribution in [0, 0.1) is 0 Å². The third-order valence-electron chi connectivity index (χ3n) is 5.13. The van der Waals surface area contributed by atoms with Gasteiger partial charge in [-0.25, -0.2) is 0 Å². The van der Waals surface area contributed by atoms with E-state index in [1.54, 1.807) is 43.3 Å². The molecule has 0 saturated heterocycles. The van der Waals surface area contributed by atoms with Gasteiger partial charge in [-0.3, -0.25) is 9.59 Å². The van der Waals surface area contributed by atoms with E-state index in [4.69, 9.17) is 9.47 Å². The molecule has 6 nitrogen and oxygen atoms in total. The molecule has 0 saturated carbocycles. The quantitative estimate of drug-likeness (QED) is 0.533. The smallest absolute Gasteiger partial charge is 0.261 e. The Balaban J connectivity index is 1.82. The molecule has 3 rings (SSSR count). The second kappa shape index (κ2) is 11.6. The van der Waals surface area contributed by atoms with E-state index in [2.05, 4.69) is 5.32 Å². The highest BCUT2D eigenvalue weighted by Crippen LogP contribution is 2.18. The average molecular weight is 433 g/mol. The van der Waals surface area contributed by atoms with Crippen LogP contribution in [0.2, 0.25) is 0 Å². The maximum absolute atomic E-state index is 13.3. The maximum atomic E-state index is 13.3. The molecule has 0 fully saturated rings. The van der Waals surface area contributed by atoms with Crippen molar-refractivity contribution >= 4 is 11.8 Å². The minimum Gasteiger partial charge on any atom is -0.497 e. The van der Waals surface area contributed by atoms with Gasteiger partial charge in [-0.15, -0.1) is 0 Å². The van der Waals surface area contributed by atoms with Crippen LogP contribution >= 0.6 is 0 Å². The summed E-state index contributed by atoms with van der Waals surface area (Å²) >= 11 is 0. The van der Waals surface area contributed by atoms with Crippen LogP contribution < -0.4 is 14.8 Å². The molecule has 3 aromatic rings. The summed E-state index contributed by atoms with van der Waals surface area (Å²) in [5, 5.41) is 2.71. The lowest BCUT2D eigenvalue weighted by atomic mass is 10.0. The van der Waals surface area contributed by atoms with Gasteiger partial charge in [0.1, 0.15) is 17.5 Å². The molecular formula is C26H28N2O4. The van der Waals surface area contributed by atoms with Crippen molar-refractivity contribution in [2.24, 2.45) is 0 Å². The number of nitrogens with zero attached hydrogens (tertiary/aromatic N) is 1. The zero-order valence-corrected chi connectivity index (χ0v) is 18.4. The van der Waals surface area contributed by atoms with Crippen molar-refractivity contribution in [3.63, 3.8) is 0 Å². The number of likely N-dealkylation sites (N-methyl/N-ethyl adjacent to an activating group) is 1. The van der Waals surface area contributed by atoms with Crippen molar-refractivity contribution in [1.82, 2.24) is 10.2 Å². The van der Waals surface area contributed by atoms with Crippen molar-refractivity contribution in [2.75, 3.05) is 20.8 Å². The largest absolute Gasteiger partial charge is 0.497 e. The van der Waals surface area contributed by atoms with Crippen LogP contribution in [0.15, 0.2) is 84.9 Å². The van der Waals surface area contributed by atoms with E-state index < -0.39 is 6.04 Å². The minimum absolute atomic E-state index is 0.179. The van der Waals surface area contributed by atoms with Gasteiger partial charge >= 0.3 is 0 Å². The minimum atomic E-state index is -0.672. The highest BCUT2D eigenvalue weighted by atomic mass is 16.5. The van der Waals surface area contributed by atoms with Crippen molar-refractivity contribution in [2.45, 2.75) is 19.0 Å². The molecule has 0 spiro atoms. The molecule has 1 unspecified atom stereocenters. The summed E-state index contributed by atoms with van der Waals surface area (Å²) < 4.78 is 10.9. The van der Waals surface area contributed by atoms with Crippen molar-refractivity contribution in [3.8, 4) is 11.5 Å². The number of hydrogen-bond donors (Lipinski definition) is 1. The van der Waals surface area contributed by atoms with Gasteiger partial charge in [0.05, 0.1) is 7.11 Å². The van der Waals surface area contributed by atoms with Crippen LogP contribution in [-0.4, -0.2) is 43.5 Å². The van der Waals surface area contributed by atoms with Crippen molar-refractivity contribution in [1.29, 1.82) is 0 Å². The predicted molar refractivity (Wildman–Crippen MR) is 123 cm³/mol. The molecule has 32 heavy (non-hydrogen) atoms. The Hall–Kier alpha value is -3.80. The summed E-state index contributed by atoms with van der Waals surface area (Å²) in [6.07, 6.45) is 0.404. The number of rotatable bonds is 10. The monoisotopic (exact) mass is 432 g/mol. The maximum Gasteiger partial charge on any atom is 0.261 e. The van der Waals surface area contributed by atoms with E-state index in [9.17, 15) is 9.59 Å². The Bertz CT molecular complexity index is 991. The first-order valence-electron chi connectivity index (χ1n) is 10.5. The standard InChI is InChI=1S/C26H28N2O4/c1-27-26(30)24(17-20-9-5-3-6-10-20)28(18-21-11-7-4-8-12-21)25(29)19-32-23-15-13-22(31-2)14-16-23/h3-16,24H,17-19H2,1-2H3,(H,27,30). The number of methoxy groups -OCH3 is 1. The van der Waals surface area contributed by atoms with Gasteiger partial charge in [0.15, 0.2) is 6.61 Å². The van der Waals surface area contributed by atoms with Crippen LogP contribution in [0.1, 0.15) is 11.1 Å². The van der Waals surface area contributed by atoms with Crippen molar-refractivity contribution < 1.29 is 19.1 Å². The zero-order chi connectivity index (χ0) is 22.8. The SMILES string of the molecule is CNC(=O)C(Cc1ccccc1)N(Cc1ccccc1)C(=O)COc1ccc(OC)cc1. The summed E-state index contributed by atoms with van der Waals surface area (Å²) in [5.74, 6) is 0.770. The number of hydrogen-bond acceptors (Lipinski definition) is 4. The molecule has 0 aliphatic heterocycles. The molecule has 166 valence electrons. The molecule has 0 bridgehead atoms. The van der Waals surface area contributed by atoms with Crippen molar-refractivity contribution in [3.05, 3.63) is 96.1 Å². The van der Waals surface area contributed by atoms with Crippen LogP contribution in [0.3, 0.4) is 0 Å². The van der Waals surface area contributed by atoms with E-state index in [1.807, 2.05) is 60.7 Å². The summed E-state index contributed by atoms with van der Waals surface area (Å²) in [4.78, 5) is 27.7. The first-order chi connectivity index (χ1) is 15.6. The third kappa shape index (κ3) is 6.35. The molecule has 0 heterocycles. The Morgan fingerprint density at radius 1 is 0.844 bits per heavy atom. The first-order valence-corrected chi connectivity index (χ1v) is 10.5. The van der Waals surface area contributed by atoms with Gasteiger partial charge in [0.2, 0.25) is 5.91 Å². The molecule has 0 radical (unpaired) electrons. The van der Waals surface area contributed by atoms with Gasteiger partial charge in [-0.2, -0.15) is 0 Å². The van der Waals surface area contributed by atoms with Crippen LogP contribution in [0.25, 0.3) is 0 Å². The van der Waals surface area contributed by atoms with Gasteiger partial charge in [0.25, 0.3) is 5.91 Å². The molecule has 1 atom stereocenters. The summed E-state index contributed by atoms with van der Waals surface area (Å²) in [7, 11) is 3.17. The van der Waals surface area contributed by atoms with E-state index in [0.29, 0.717) is 24.5 Å². The summed E-state index contributed by atoms with van der Waals surface area (Å²) in [5.41, 5.74) is 1.91. The van der Waals surface area contributed by atoms with E-state index >= 15 is 0 Å². The molecule has 0 aliphatic rings. The fourth-order valence-corrected chi connectivity index (χ4v) is 3.40. The summed E-state index contributed by atoms with van der Waals surface area (Å²) in [6, 6.07) is 25.7. The Morgan fingerprint density at radius 2 is 1.41 bits per heavy atom. The number of amides is 2. The fourth-order valence-electron chi connectivity index (χ4n) is 3.40. The topological polar surface area (TPSA) is 67.9 Å². The number of carbonyl (C=O) groups is 2. The number of benzene rings is 3. The lowest BCUT2D eigenvalue weighted by Gasteiger charge is -2.31. The van der Waals surface area contributed by atoms with Crippen LogP contribution in [0.4, 0.5) is 0 Å². The fraction of sp³-hybridized carbons (Fsp3) is 0.231. The van der Waals surface area contributed by atoms with Gasteiger partial charge < -0.3 is 19.7 Å². The molecule has 2 amide bonds. The van der Waals surface area contributed by atoms with Gasteiger partial charge in [-0.1, -0.05) is 60.7 Å². The lowest BCUT2D eigenvalue weighted by molar-refractivity contribution is -0.142. The second-order valence-corrected chi connectivity index (χ2v) is 7.29. The van der Waals surface area contributed by atoms with Gasteiger partial charge in [0, 0.05) is 20.0 Å². The lowest BCUT2D eigenvalue weighted by Crippen LogP contribution is -2.51. The number of carbonyl (C=O) groups excluding carboxylic acids is 2. The van der Waals surface area contributed by atoms with Gasteiger partial charge in [-0.05, 0) is 35.4 Å². The first kappa shape index (κ1) is 22.9. The predicted octanol–water partition coefficient (Wildman–Crippen LogP) is 3.46. The summed E-state index contributed by atoms with van der Waals surface area (Å²) in [6.45, 7) is 0.123.